The van der Waals surface area contributed by atoms with Gasteiger partial charge in [-0.3, -0.25) is 9.69 Å². The molecule has 2 heterocycles. The molecule has 154 valence electrons. The van der Waals surface area contributed by atoms with Crippen LogP contribution in [-0.4, -0.2) is 26.8 Å². The number of amides is 1. The summed E-state index contributed by atoms with van der Waals surface area (Å²) < 4.78 is 34.4. The summed E-state index contributed by atoms with van der Waals surface area (Å²) in [5.41, 5.74) is 1.45. The van der Waals surface area contributed by atoms with Crippen LogP contribution in [0.4, 0.5) is 14.5 Å². The maximum Gasteiger partial charge on any atom is 0.247 e. The number of para-hydroxylation sites is 1. The zero-order chi connectivity index (χ0) is 21.3. The smallest absolute Gasteiger partial charge is 0.247 e. The molecule has 9 heteroatoms. The van der Waals surface area contributed by atoms with Gasteiger partial charge in [0.2, 0.25) is 23.2 Å². The summed E-state index contributed by atoms with van der Waals surface area (Å²) in [7, 11) is 0. The van der Waals surface area contributed by atoms with E-state index in [0.717, 1.165) is 17.9 Å². The molecule has 0 saturated heterocycles. The summed E-state index contributed by atoms with van der Waals surface area (Å²) >= 11 is 1.38. The van der Waals surface area contributed by atoms with Crippen LogP contribution < -0.4 is 9.64 Å². The number of halogens is 2. The fourth-order valence-corrected chi connectivity index (χ4v) is 3.75. The lowest BCUT2D eigenvalue weighted by molar-refractivity contribution is -0.120. The Balaban J connectivity index is 1.97. The average Bonchev–Trinajstić information content (AvgIpc) is 2.88. The molecule has 1 aromatic heterocycles. The van der Waals surface area contributed by atoms with Crippen LogP contribution in [0.3, 0.4) is 0 Å². The van der Waals surface area contributed by atoms with Crippen LogP contribution in [0.2, 0.25) is 0 Å². The van der Waals surface area contributed by atoms with Gasteiger partial charge in [0.1, 0.15) is 11.6 Å². The average molecular weight is 428 g/mol. The molecule has 0 bridgehead atoms. The van der Waals surface area contributed by atoms with Crippen molar-refractivity contribution < 1.29 is 18.3 Å². The first-order valence-electron chi connectivity index (χ1n) is 9.44. The van der Waals surface area contributed by atoms with Crippen LogP contribution in [0, 0.1) is 11.6 Å². The number of fused-ring (bicyclic) bond motifs is 3. The van der Waals surface area contributed by atoms with Crippen molar-refractivity contribution in [2.24, 2.45) is 0 Å². The molecule has 0 fully saturated rings. The number of benzene rings is 2. The van der Waals surface area contributed by atoms with Crippen molar-refractivity contribution in [3.63, 3.8) is 0 Å². The minimum Gasteiger partial charge on any atom is -0.447 e. The molecule has 4 rings (SSSR count). The maximum atomic E-state index is 14.7. The van der Waals surface area contributed by atoms with Crippen LogP contribution in [0.25, 0.3) is 11.3 Å². The predicted octanol–water partition coefficient (Wildman–Crippen LogP) is 4.76. The first kappa shape index (κ1) is 20.2. The van der Waals surface area contributed by atoms with Crippen LogP contribution in [0.15, 0.2) is 47.6 Å². The van der Waals surface area contributed by atoms with Crippen molar-refractivity contribution in [2.45, 2.75) is 31.7 Å². The van der Waals surface area contributed by atoms with E-state index in [0.29, 0.717) is 22.1 Å². The van der Waals surface area contributed by atoms with Gasteiger partial charge in [-0.1, -0.05) is 43.8 Å². The molecule has 1 amide bonds. The SMILES string of the molecule is CCSc1nnc2c(n1)O[C@H](c1ccc(F)cc1F)N(C(=O)CC)c1ccccc1-2. The largest absolute Gasteiger partial charge is 0.447 e. The highest BCUT2D eigenvalue weighted by Crippen LogP contribution is 2.43. The molecule has 30 heavy (non-hydrogen) atoms. The molecule has 3 aromatic rings. The molecular formula is C21H18F2N4O2S. The van der Waals surface area contributed by atoms with Gasteiger partial charge in [-0.25, -0.2) is 8.78 Å². The van der Waals surface area contributed by atoms with E-state index in [4.69, 9.17) is 4.74 Å². The van der Waals surface area contributed by atoms with E-state index in [1.54, 1.807) is 31.2 Å². The monoisotopic (exact) mass is 428 g/mol. The molecule has 0 radical (unpaired) electrons. The Kier molecular flexibility index (Phi) is 5.63. The molecule has 0 aliphatic carbocycles. The van der Waals surface area contributed by atoms with Gasteiger partial charge in [0, 0.05) is 23.6 Å². The van der Waals surface area contributed by atoms with E-state index in [-0.39, 0.29) is 23.8 Å². The van der Waals surface area contributed by atoms with Gasteiger partial charge in [0.05, 0.1) is 5.69 Å². The number of aromatic nitrogens is 3. The highest BCUT2D eigenvalue weighted by atomic mass is 32.2. The van der Waals surface area contributed by atoms with Gasteiger partial charge < -0.3 is 4.74 Å². The predicted molar refractivity (Wildman–Crippen MR) is 109 cm³/mol. The van der Waals surface area contributed by atoms with Crippen LogP contribution in [-0.2, 0) is 4.79 Å². The minimum absolute atomic E-state index is 0.0177. The Hall–Kier alpha value is -3.07. The topological polar surface area (TPSA) is 68.2 Å². The van der Waals surface area contributed by atoms with Crippen molar-refractivity contribution in [3.8, 4) is 17.1 Å². The minimum atomic E-state index is -1.18. The Morgan fingerprint density at radius 2 is 1.97 bits per heavy atom. The van der Waals surface area contributed by atoms with Gasteiger partial charge in [-0.05, 0) is 24.0 Å². The molecule has 6 nitrogen and oxygen atoms in total. The second kappa shape index (κ2) is 8.35. The van der Waals surface area contributed by atoms with Crippen molar-refractivity contribution in [1.29, 1.82) is 0 Å². The molecule has 1 aliphatic heterocycles. The summed E-state index contributed by atoms with van der Waals surface area (Å²) in [6, 6.07) is 10.2. The van der Waals surface area contributed by atoms with Crippen molar-refractivity contribution >= 4 is 23.4 Å². The summed E-state index contributed by atoms with van der Waals surface area (Å²) in [6.45, 7) is 3.66. The lowest BCUT2D eigenvalue weighted by Gasteiger charge is -2.30. The number of carbonyl (C=O) groups is 1. The van der Waals surface area contributed by atoms with E-state index in [9.17, 15) is 13.6 Å². The van der Waals surface area contributed by atoms with E-state index < -0.39 is 17.9 Å². The van der Waals surface area contributed by atoms with Gasteiger partial charge in [0.15, 0.2) is 5.69 Å². The standard InChI is InChI=1S/C21H18F2N4O2S/c1-3-17(28)27-16-8-6-5-7-14(16)18-19(24-21(26-25-18)30-4-2)29-20(27)13-10-9-12(22)11-15(13)23/h5-11,20H,3-4H2,1-2H3/t20-/m1/s1. The van der Waals surface area contributed by atoms with Gasteiger partial charge in [-0.2, -0.15) is 4.98 Å². The number of carbonyl (C=O) groups excluding carboxylic acids is 1. The number of thioether (sulfide) groups is 1. The van der Waals surface area contributed by atoms with Crippen LogP contribution in [0.5, 0.6) is 5.88 Å². The molecule has 2 aromatic carbocycles. The van der Waals surface area contributed by atoms with E-state index in [2.05, 4.69) is 15.2 Å². The summed E-state index contributed by atoms with van der Waals surface area (Å²) in [4.78, 5) is 18.8. The van der Waals surface area contributed by atoms with Crippen molar-refractivity contribution in [3.05, 3.63) is 59.7 Å². The van der Waals surface area contributed by atoms with Gasteiger partial charge in [-0.15, -0.1) is 10.2 Å². The van der Waals surface area contributed by atoms with Crippen LogP contribution in [0.1, 0.15) is 32.1 Å². The highest BCUT2D eigenvalue weighted by molar-refractivity contribution is 7.99. The first-order valence-corrected chi connectivity index (χ1v) is 10.4. The third-order valence-corrected chi connectivity index (χ3v) is 5.30. The summed E-state index contributed by atoms with van der Waals surface area (Å²) in [5.74, 6) is -0.966. The Morgan fingerprint density at radius 1 is 1.17 bits per heavy atom. The Labute approximate surface area is 176 Å². The van der Waals surface area contributed by atoms with Crippen LogP contribution >= 0.6 is 11.8 Å². The Bertz CT molecular complexity index is 1110. The van der Waals surface area contributed by atoms with E-state index in [1.165, 1.54) is 22.7 Å². The van der Waals surface area contributed by atoms with Gasteiger partial charge in [0.25, 0.3) is 0 Å². The van der Waals surface area contributed by atoms with Crippen molar-refractivity contribution in [2.75, 3.05) is 10.7 Å². The summed E-state index contributed by atoms with van der Waals surface area (Å²) in [6.07, 6.45) is -1.03. The maximum absolute atomic E-state index is 14.7. The van der Waals surface area contributed by atoms with Crippen molar-refractivity contribution in [1.82, 2.24) is 15.2 Å². The van der Waals surface area contributed by atoms with E-state index >= 15 is 0 Å². The fourth-order valence-electron chi connectivity index (χ4n) is 3.25. The number of anilines is 1. The molecule has 1 aliphatic rings. The quantitative estimate of drug-likeness (QED) is 0.558. The molecule has 0 spiro atoms. The van der Waals surface area contributed by atoms with Gasteiger partial charge >= 0.3 is 0 Å². The number of ether oxygens (including phenoxy) is 1. The molecular weight excluding hydrogens is 410 g/mol. The molecule has 0 N–H and O–H groups in total. The summed E-state index contributed by atoms with van der Waals surface area (Å²) in [5, 5.41) is 8.81. The fraction of sp³-hybridized carbons (Fsp3) is 0.238. The number of hydrogen-bond acceptors (Lipinski definition) is 6. The number of hydrogen-bond donors (Lipinski definition) is 0. The zero-order valence-corrected chi connectivity index (χ0v) is 17.1. The lowest BCUT2D eigenvalue weighted by atomic mass is 10.1. The van der Waals surface area contributed by atoms with E-state index in [1.807, 2.05) is 6.92 Å². The number of nitrogens with zero attached hydrogens (tertiary/aromatic N) is 4. The Morgan fingerprint density at radius 3 is 2.70 bits per heavy atom. The second-order valence-corrected chi connectivity index (χ2v) is 7.68. The highest BCUT2D eigenvalue weighted by Gasteiger charge is 2.36. The number of rotatable bonds is 4. The third kappa shape index (κ3) is 3.60. The molecule has 0 saturated carbocycles. The lowest BCUT2D eigenvalue weighted by Crippen LogP contribution is -2.37. The second-order valence-electron chi connectivity index (χ2n) is 6.45. The third-order valence-electron chi connectivity index (χ3n) is 4.58. The normalized spacial score (nSPS) is 15.1. The molecule has 1 atom stereocenters. The molecule has 0 unspecified atom stereocenters. The zero-order valence-electron chi connectivity index (χ0n) is 16.3. The first-order chi connectivity index (χ1) is 14.5.